The zero-order valence-corrected chi connectivity index (χ0v) is 28.4. The molecule has 9 aromatic carbocycles. The van der Waals surface area contributed by atoms with Crippen molar-refractivity contribution in [1.29, 1.82) is 0 Å². The largest absolute Gasteiger partial charge is 0.455 e. The molecule has 10 aromatic rings. The molecule has 0 bridgehead atoms. The number of furan rings is 1. The fourth-order valence-corrected chi connectivity index (χ4v) is 7.75. The highest BCUT2D eigenvalue weighted by atomic mass is 16.3. The van der Waals surface area contributed by atoms with Gasteiger partial charge in [-0.1, -0.05) is 158 Å². The average molecular weight is 664 g/mol. The fraction of sp³-hybridized carbons (Fsp3) is 0. The number of nitrogens with zero attached hydrogens (tertiary/aromatic N) is 1. The van der Waals surface area contributed by atoms with E-state index in [1.54, 1.807) is 0 Å². The van der Waals surface area contributed by atoms with Crippen LogP contribution in [0.3, 0.4) is 0 Å². The van der Waals surface area contributed by atoms with E-state index < -0.39 is 0 Å². The van der Waals surface area contributed by atoms with Crippen molar-refractivity contribution in [3.8, 4) is 33.6 Å². The van der Waals surface area contributed by atoms with Crippen LogP contribution in [0.25, 0.3) is 76.9 Å². The molecule has 2 heteroatoms. The van der Waals surface area contributed by atoms with Gasteiger partial charge in [0.1, 0.15) is 11.3 Å². The van der Waals surface area contributed by atoms with Crippen LogP contribution < -0.4 is 4.90 Å². The Hall–Kier alpha value is -6.90. The Morgan fingerprint density at radius 2 is 0.942 bits per heavy atom. The first-order valence-corrected chi connectivity index (χ1v) is 17.8. The van der Waals surface area contributed by atoms with Gasteiger partial charge >= 0.3 is 0 Å². The SMILES string of the molecule is c1ccc(-c2c(-c3cccc(-c4ccc(N(c5ccc6ccccc6c5)c5cc6ccccc6c6ccccc56)cc4)c3)oc3ccccc23)cc1. The highest BCUT2D eigenvalue weighted by Crippen LogP contribution is 2.44. The van der Waals surface area contributed by atoms with Crippen molar-refractivity contribution in [2.24, 2.45) is 0 Å². The Labute approximate surface area is 302 Å². The topological polar surface area (TPSA) is 16.4 Å². The van der Waals surface area contributed by atoms with Crippen molar-refractivity contribution in [3.05, 3.63) is 200 Å². The van der Waals surface area contributed by atoms with E-state index in [4.69, 9.17) is 4.42 Å². The Kier molecular flexibility index (Phi) is 7.18. The molecule has 1 heterocycles. The number of rotatable bonds is 6. The number of hydrogen-bond acceptors (Lipinski definition) is 2. The summed E-state index contributed by atoms with van der Waals surface area (Å²) in [6, 6.07) is 71.6. The van der Waals surface area contributed by atoms with Crippen LogP contribution in [0.15, 0.2) is 205 Å². The van der Waals surface area contributed by atoms with Crippen LogP contribution in [0.1, 0.15) is 0 Å². The molecule has 0 fully saturated rings. The second kappa shape index (κ2) is 12.5. The first-order chi connectivity index (χ1) is 25.8. The van der Waals surface area contributed by atoms with Gasteiger partial charge in [0.2, 0.25) is 0 Å². The molecule has 1 aromatic heterocycles. The summed E-state index contributed by atoms with van der Waals surface area (Å²) in [4.78, 5) is 2.40. The summed E-state index contributed by atoms with van der Waals surface area (Å²) in [7, 11) is 0. The maximum absolute atomic E-state index is 6.57. The number of benzene rings is 9. The monoisotopic (exact) mass is 663 g/mol. The van der Waals surface area contributed by atoms with E-state index in [0.717, 1.165) is 61.6 Å². The van der Waals surface area contributed by atoms with Gasteiger partial charge in [-0.05, 0) is 86.1 Å². The van der Waals surface area contributed by atoms with Crippen molar-refractivity contribution >= 4 is 60.3 Å². The number of hydrogen-bond donors (Lipinski definition) is 0. The summed E-state index contributed by atoms with van der Waals surface area (Å²) < 4.78 is 6.57. The molecule has 2 nitrogen and oxygen atoms in total. The lowest BCUT2D eigenvalue weighted by Crippen LogP contribution is -2.10. The Morgan fingerprint density at radius 1 is 0.327 bits per heavy atom. The van der Waals surface area contributed by atoms with Crippen molar-refractivity contribution in [2.45, 2.75) is 0 Å². The summed E-state index contributed by atoms with van der Waals surface area (Å²) >= 11 is 0. The van der Waals surface area contributed by atoms with Gasteiger partial charge < -0.3 is 9.32 Å². The molecule has 10 rings (SSSR count). The molecule has 0 saturated carbocycles. The predicted octanol–water partition coefficient (Wildman–Crippen LogP) is 14.4. The van der Waals surface area contributed by atoms with Gasteiger partial charge in [0.05, 0.1) is 5.69 Å². The zero-order chi connectivity index (χ0) is 34.4. The number of para-hydroxylation sites is 1. The predicted molar refractivity (Wildman–Crippen MR) is 220 cm³/mol. The van der Waals surface area contributed by atoms with Gasteiger partial charge in [-0.3, -0.25) is 0 Å². The van der Waals surface area contributed by atoms with E-state index in [0.29, 0.717) is 0 Å². The van der Waals surface area contributed by atoms with Gasteiger partial charge in [0, 0.05) is 33.3 Å². The van der Waals surface area contributed by atoms with Gasteiger partial charge in [0.25, 0.3) is 0 Å². The second-order valence-corrected chi connectivity index (χ2v) is 13.3. The Bertz CT molecular complexity index is 2900. The van der Waals surface area contributed by atoms with E-state index in [2.05, 4.69) is 193 Å². The van der Waals surface area contributed by atoms with Crippen molar-refractivity contribution in [3.63, 3.8) is 0 Å². The van der Waals surface area contributed by atoms with Crippen LogP contribution in [0, 0.1) is 0 Å². The third-order valence-corrected chi connectivity index (χ3v) is 10.2. The van der Waals surface area contributed by atoms with Crippen LogP contribution in [0.2, 0.25) is 0 Å². The first-order valence-electron chi connectivity index (χ1n) is 17.8. The van der Waals surface area contributed by atoms with Crippen LogP contribution in [-0.2, 0) is 0 Å². The first kappa shape index (κ1) is 30.0. The summed E-state index contributed by atoms with van der Waals surface area (Å²) in [6.07, 6.45) is 0. The maximum atomic E-state index is 6.57. The average Bonchev–Trinajstić information content (AvgIpc) is 3.61. The highest BCUT2D eigenvalue weighted by molar-refractivity contribution is 6.14. The van der Waals surface area contributed by atoms with E-state index in [1.807, 2.05) is 12.1 Å². The molecule has 0 amide bonds. The minimum Gasteiger partial charge on any atom is -0.455 e. The lowest BCUT2D eigenvalue weighted by atomic mass is 9.96. The number of anilines is 3. The molecule has 0 aliphatic heterocycles. The molecule has 0 N–H and O–H groups in total. The summed E-state index contributed by atoms with van der Waals surface area (Å²) in [5, 5.41) is 8.50. The molecule has 0 aliphatic carbocycles. The van der Waals surface area contributed by atoms with Gasteiger partial charge in [-0.15, -0.1) is 0 Å². The quantitative estimate of drug-likeness (QED) is 0.165. The summed E-state index contributed by atoms with van der Waals surface area (Å²) in [5.74, 6) is 0.886. The summed E-state index contributed by atoms with van der Waals surface area (Å²) in [6.45, 7) is 0. The Morgan fingerprint density at radius 3 is 1.77 bits per heavy atom. The molecule has 0 radical (unpaired) electrons. The van der Waals surface area contributed by atoms with Gasteiger partial charge in [0.15, 0.2) is 0 Å². The fourth-order valence-electron chi connectivity index (χ4n) is 7.75. The van der Waals surface area contributed by atoms with Crippen LogP contribution in [0.4, 0.5) is 17.1 Å². The molecular weight excluding hydrogens is 631 g/mol. The lowest BCUT2D eigenvalue weighted by molar-refractivity contribution is 0.632. The molecule has 0 aliphatic rings. The second-order valence-electron chi connectivity index (χ2n) is 13.3. The van der Waals surface area contributed by atoms with Gasteiger partial charge in [-0.25, -0.2) is 0 Å². The van der Waals surface area contributed by atoms with Crippen molar-refractivity contribution < 1.29 is 4.42 Å². The smallest absolute Gasteiger partial charge is 0.143 e. The molecule has 0 unspecified atom stereocenters. The van der Waals surface area contributed by atoms with E-state index in [-0.39, 0.29) is 0 Å². The molecule has 0 atom stereocenters. The maximum Gasteiger partial charge on any atom is 0.143 e. The van der Waals surface area contributed by atoms with Crippen LogP contribution in [-0.4, -0.2) is 0 Å². The molecule has 244 valence electrons. The summed E-state index contributed by atoms with van der Waals surface area (Å²) in [5.41, 5.74) is 9.86. The molecule has 0 spiro atoms. The van der Waals surface area contributed by atoms with Crippen LogP contribution >= 0.6 is 0 Å². The lowest BCUT2D eigenvalue weighted by Gasteiger charge is -2.28. The molecular formula is C50H33NO. The molecule has 0 saturated heterocycles. The normalized spacial score (nSPS) is 11.5. The number of fused-ring (bicyclic) bond motifs is 5. The standard InChI is InChI=1S/C50H33NO/c1-2-14-36(15-3-1)49-46-23-10-11-24-48(46)52-50(49)40-19-12-18-37(31-40)35-25-28-41(29-26-35)51(42-30-27-34-13-4-5-16-38(34)32-42)47-33-39-17-6-7-20-43(39)44-21-8-9-22-45(44)47/h1-33H. The van der Waals surface area contributed by atoms with E-state index >= 15 is 0 Å². The minimum absolute atomic E-state index is 0.886. The van der Waals surface area contributed by atoms with Gasteiger partial charge in [-0.2, -0.15) is 0 Å². The molecule has 52 heavy (non-hydrogen) atoms. The zero-order valence-electron chi connectivity index (χ0n) is 28.4. The van der Waals surface area contributed by atoms with Crippen molar-refractivity contribution in [2.75, 3.05) is 4.90 Å². The third-order valence-electron chi connectivity index (χ3n) is 10.2. The van der Waals surface area contributed by atoms with Crippen LogP contribution in [0.5, 0.6) is 0 Å². The van der Waals surface area contributed by atoms with Crippen molar-refractivity contribution in [1.82, 2.24) is 0 Å². The van der Waals surface area contributed by atoms with E-state index in [1.165, 1.54) is 32.3 Å². The Balaban J connectivity index is 1.10. The van der Waals surface area contributed by atoms with E-state index in [9.17, 15) is 0 Å². The third kappa shape index (κ3) is 5.12. The highest BCUT2D eigenvalue weighted by Gasteiger charge is 2.20. The minimum atomic E-state index is 0.886.